The van der Waals surface area contributed by atoms with Crippen molar-refractivity contribution < 1.29 is 14.4 Å². The van der Waals surface area contributed by atoms with Gasteiger partial charge in [0.1, 0.15) is 5.78 Å². The molecule has 2 amide bonds. The van der Waals surface area contributed by atoms with E-state index in [1.165, 1.54) is 4.90 Å². The van der Waals surface area contributed by atoms with Crippen molar-refractivity contribution in [1.82, 2.24) is 4.90 Å². The van der Waals surface area contributed by atoms with Crippen LogP contribution in [0.3, 0.4) is 0 Å². The summed E-state index contributed by atoms with van der Waals surface area (Å²) in [6.07, 6.45) is 4.08. The third-order valence-corrected chi connectivity index (χ3v) is 5.54. The van der Waals surface area contributed by atoms with E-state index in [0.29, 0.717) is 18.9 Å². The highest BCUT2D eigenvalue weighted by Gasteiger charge is 2.39. The summed E-state index contributed by atoms with van der Waals surface area (Å²) in [5.41, 5.74) is 0. The molecule has 0 radical (unpaired) electrons. The van der Waals surface area contributed by atoms with Crippen LogP contribution in [-0.2, 0) is 14.4 Å². The molecule has 1 aliphatic heterocycles. The Labute approximate surface area is 124 Å². The summed E-state index contributed by atoms with van der Waals surface area (Å²) in [6, 6.07) is 0. The SMILES string of the molecule is CCSC1CC(=O)N(CC2CCC(C(C)=O)CC2)C1=O. The number of nitrogens with zero attached hydrogens (tertiary/aromatic N) is 1. The molecule has 0 aromatic rings. The second-order valence-corrected chi connectivity index (χ2v) is 7.30. The van der Waals surface area contributed by atoms with E-state index >= 15 is 0 Å². The summed E-state index contributed by atoms with van der Waals surface area (Å²) < 4.78 is 0. The molecule has 5 heteroatoms. The Hall–Kier alpha value is -0.840. The van der Waals surface area contributed by atoms with Gasteiger partial charge in [-0.2, -0.15) is 0 Å². The van der Waals surface area contributed by atoms with E-state index in [9.17, 15) is 14.4 Å². The third-order valence-electron chi connectivity index (χ3n) is 4.43. The molecule has 1 atom stereocenters. The Kier molecular flexibility index (Phi) is 5.24. The van der Waals surface area contributed by atoms with E-state index in [1.54, 1.807) is 18.7 Å². The predicted octanol–water partition coefficient (Wildman–Crippen LogP) is 2.26. The normalized spacial score (nSPS) is 30.9. The van der Waals surface area contributed by atoms with E-state index in [1.807, 2.05) is 6.92 Å². The molecule has 2 fully saturated rings. The summed E-state index contributed by atoms with van der Waals surface area (Å²) >= 11 is 1.56. The van der Waals surface area contributed by atoms with Crippen LogP contribution in [0, 0.1) is 11.8 Å². The van der Waals surface area contributed by atoms with Crippen molar-refractivity contribution in [2.75, 3.05) is 12.3 Å². The van der Waals surface area contributed by atoms with Crippen molar-refractivity contribution >= 4 is 29.4 Å². The molecule has 0 aromatic heterocycles. The first-order valence-corrected chi connectivity index (χ1v) is 8.54. The van der Waals surface area contributed by atoms with Crippen molar-refractivity contribution in [3.05, 3.63) is 0 Å². The number of Topliss-reactive ketones (excluding diaryl/α,β-unsaturated/α-hetero) is 1. The highest BCUT2D eigenvalue weighted by Crippen LogP contribution is 2.32. The van der Waals surface area contributed by atoms with E-state index in [-0.39, 0.29) is 28.8 Å². The molecule has 20 heavy (non-hydrogen) atoms. The van der Waals surface area contributed by atoms with Gasteiger partial charge < -0.3 is 0 Å². The highest BCUT2D eigenvalue weighted by molar-refractivity contribution is 8.00. The van der Waals surface area contributed by atoms with E-state index < -0.39 is 0 Å². The summed E-state index contributed by atoms with van der Waals surface area (Å²) in [7, 11) is 0. The Morgan fingerprint density at radius 2 is 1.90 bits per heavy atom. The number of ketones is 1. The minimum absolute atomic E-state index is 0.00413. The predicted molar refractivity (Wildman–Crippen MR) is 79.4 cm³/mol. The molecule has 1 saturated carbocycles. The summed E-state index contributed by atoms with van der Waals surface area (Å²) in [4.78, 5) is 36.9. The van der Waals surface area contributed by atoms with Gasteiger partial charge in [0, 0.05) is 18.9 Å². The van der Waals surface area contributed by atoms with Crippen LogP contribution < -0.4 is 0 Å². The van der Waals surface area contributed by atoms with Gasteiger partial charge >= 0.3 is 0 Å². The lowest BCUT2D eigenvalue weighted by molar-refractivity contribution is -0.139. The first-order valence-electron chi connectivity index (χ1n) is 7.49. The number of hydrogen-bond donors (Lipinski definition) is 0. The van der Waals surface area contributed by atoms with Crippen LogP contribution >= 0.6 is 11.8 Å². The van der Waals surface area contributed by atoms with Crippen LogP contribution in [0.4, 0.5) is 0 Å². The van der Waals surface area contributed by atoms with Crippen molar-refractivity contribution in [1.29, 1.82) is 0 Å². The van der Waals surface area contributed by atoms with Crippen LogP contribution in [-0.4, -0.2) is 40.0 Å². The molecule has 2 aliphatic rings. The lowest BCUT2D eigenvalue weighted by Gasteiger charge is -2.29. The number of hydrogen-bond acceptors (Lipinski definition) is 4. The van der Waals surface area contributed by atoms with Gasteiger partial charge in [-0.25, -0.2) is 0 Å². The van der Waals surface area contributed by atoms with Gasteiger partial charge in [0.2, 0.25) is 11.8 Å². The lowest BCUT2D eigenvalue weighted by atomic mass is 9.80. The molecule has 0 bridgehead atoms. The summed E-state index contributed by atoms with van der Waals surface area (Å²) in [5.74, 6) is 1.69. The molecule has 1 heterocycles. The van der Waals surface area contributed by atoms with E-state index in [4.69, 9.17) is 0 Å². The third kappa shape index (κ3) is 3.43. The standard InChI is InChI=1S/C15H23NO3S/c1-3-20-13-8-14(18)16(15(13)19)9-11-4-6-12(7-5-11)10(2)17/h11-13H,3-9H2,1-2H3. The number of thioether (sulfide) groups is 1. The van der Waals surface area contributed by atoms with E-state index in [0.717, 1.165) is 31.4 Å². The number of imide groups is 1. The van der Waals surface area contributed by atoms with Crippen LogP contribution in [0.15, 0.2) is 0 Å². The van der Waals surface area contributed by atoms with Gasteiger partial charge in [0.05, 0.1) is 5.25 Å². The second-order valence-electron chi connectivity index (χ2n) is 5.82. The zero-order valence-corrected chi connectivity index (χ0v) is 13.1. The van der Waals surface area contributed by atoms with Crippen LogP contribution in [0.5, 0.6) is 0 Å². The monoisotopic (exact) mass is 297 g/mol. The van der Waals surface area contributed by atoms with E-state index in [2.05, 4.69) is 0 Å². The number of amides is 2. The molecular weight excluding hydrogens is 274 g/mol. The van der Waals surface area contributed by atoms with Gasteiger partial charge in [-0.05, 0) is 44.3 Å². The maximum atomic E-state index is 12.2. The molecule has 0 spiro atoms. The van der Waals surface area contributed by atoms with Crippen molar-refractivity contribution in [2.24, 2.45) is 11.8 Å². The average molecular weight is 297 g/mol. The zero-order chi connectivity index (χ0) is 14.7. The topological polar surface area (TPSA) is 54.5 Å². The minimum Gasteiger partial charge on any atom is -0.300 e. The van der Waals surface area contributed by atoms with Gasteiger partial charge in [-0.1, -0.05) is 6.92 Å². The molecule has 1 saturated heterocycles. The Bertz CT molecular complexity index is 402. The molecule has 2 rings (SSSR count). The summed E-state index contributed by atoms with van der Waals surface area (Å²) in [6.45, 7) is 4.22. The van der Waals surface area contributed by atoms with Crippen LogP contribution in [0.1, 0.15) is 46.0 Å². The molecule has 0 N–H and O–H groups in total. The first-order chi connectivity index (χ1) is 9.52. The Morgan fingerprint density at radius 1 is 1.25 bits per heavy atom. The number of rotatable bonds is 5. The molecule has 0 aromatic carbocycles. The number of likely N-dealkylation sites (tertiary alicyclic amines) is 1. The smallest absolute Gasteiger partial charge is 0.242 e. The summed E-state index contributed by atoms with van der Waals surface area (Å²) in [5, 5.41) is -0.166. The largest absolute Gasteiger partial charge is 0.300 e. The number of carbonyl (C=O) groups is 3. The Balaban J connectivity index is 1.86. The molecule has 1 aliphatic carbocycles. The van der Waals surface area contributed by atoms with Gasteiger partial charge in [0.25, 0.3) is 0 Å². The number of carbonyl (C=O) groups excluding carboxylic acids is 3. The molecule has 4 nitrogen and oxygen atoms in total. The molecular formula is C15H23NO3S. The molecule has 1 unspecified atom stereocenters. The van der Waals surface area contributed by atoms with Crippen molar-refractivity contribution in [2.45, 2.75) is 51.2 Å². The average Bonchev–Trinajstić information content (AvgIpc) is 2.68. The van der Waals surface area contributed by atoms with Gasteiger partial charge in [0.15, 0.2) is 0 Å². The Morgan fingerprint density at radius 3 is 2.45 bits per heavy atom. The fourth-order valence-corrected chi connectivity index (χ4v) is 4.12. The van der Waals surface area contributed by atoms with Crippen molar-refractivity contribution in [3.8, 4) is 0 Å². The fraction of sp³-hybridized carbons (Fsp3) is 0.800. The maximum absolute atomic E-state index is 12.2. The highest BCUT2D eigenvalue weighted by atomic mass is 32.2. The van der Waals surface area contributed by atoms with Gasteiger partial charge in [-0.3, -0.25) is 19.3 Å². The second kappa shape index (κ2) is 6.74. The quantitative estimate of drug-likeness (QED) is 0.730. The maximum Gasteiger partial charge on any atom is 0.242 e. The molecule has 112 valence electrons. The lowest BCUT2D eigenvalue weighted by Crippen LogP contribution is -2.37. The van der Waals surface area contributed by atoms with Crippen LogP contribution in [0.2, 0.25) is 0 Å². The van der Waals surface area contributed by atoms with Crippen molar-refractivity contribution in [3.63, 3.8) is 0 Å². The first kappa shape index (κ1) is 15.5. The van der Waals surface area contributed by atoms with Crippen LogP contribution in [0.25, 0.3) is 0 Å². The van der Waals surface area contributed by atoms with Gasteiger partial charge in [-0.15, -0.1) is 11.8 Å². The zero-order valence-electron chi connectivity index (χ0n) is 12.3. The fourth-order valence-electron chi connectivity index (χ4n) is 3.19. The minimum atomic E-state index is -0.166.